The summed E-state index contributed by atoms with van der Waals surface area (Å²) < 4.78 is 1.39. The molecule has 0 radical (unpaired) electrons. The number of hydrogen-bond donors (Lipinski definition) is 1. The van der Waals surface area contributed by atoms with E-state index in [0.717, 1.165) is 11.1 Å². The van der Waals surface area contributed by atoms with E-state index in [9.17, 15) is 14.4 Å². The fourth-order valence-corrected chi connectivity index (χ4v) is 3.81. The van der Waals surface area contributed by atoms with E-state index in [4.69, 9.17) is 0 Å². The van der Waals surface area contributed by atoms with Crippen LogP contribution in [-0.4, -0.2) is 45.9 Å². The normalized spacial score (nSPS) is 12.6. The summed E-state index contributed by atoms with van der Waals surface area (Å²) in [6.07, 6.45) is 4.96. The molecule has 7 heteroatoms. The molecule has 2 amide bonds. The Morgan fingerprint density at radius 1 is 1.09 bits per heavy atom. The topological polar surface area (TPSA) is 84.3 Å². The number of benzene rings is 1. The van der Waals surface area contributed by atoms with Crippen LogP contribution in [0.2, 0.25) is 0 Å². The number of nitrogens with one attached hydrogen (secondary N) is 1. The minimum absolute atomic E-state index is 0.161. The second-order valence-electron chi connectivity index (χ2n) is 7.82. The van der Waals surface area contributed by atoms with Gasteiger partial charge in [0.15, 0.2) is 0 Å². The van der Waals surface area contributed by atoms with Gasteiger partial charge in [0.05, 0.1) is 5.56 Å². The fraction of sp³-hybridized carbons (Fsp3) is 0.280. The highest BCUT2D eigenvalue weighted by molar-refractivity contribution is 5.97. The number of aryl methyl sites for hydroxylation is 2. The summed E-state index contributed by atoms with van der Waals surface area (Å²) in [6.45, 7) is 3.67. The van der Waals surface area contributed by atoms with Gasteiger partial charge in [-0.1, -0.05) is 30.3 Å². The lowest BCUT2D eigenvalue weighted by molar-refractivity contribution is -0.124. The summed E-state index contributed by atoms with van der Waals surface area (Å²) in [5, 5.41) is 2.64. The molecule has 1 N–H and O–H groups in total. The van der Waals surface area contributed by atoms with Crippen molar-refractivity contribution in [2.24, 2.45) is 7.05 Å². The van der Waals surface area contributed by atoms with Gasteiger partial charge in [-0.05, 0) is 43.2 Å². The lowest BCUT2D eigenvalue weighted by Crippen LogP contribution is -2.49. The lowest BCUT2D eigenvalue weighted by atomic mass is 9.90. The molecule has 0 spiro atoms. The van der Waals surface area contributed by atoms with Crippen LogP contribution < -0.4 is 10.9 Å². The maximum atomic E-state index is 13.6. The van der Waals surface area contributed by atoms with Crippen LogP contribution in [0.4, 0.5) is 0 Å². The quantitative estimate of drug-likeness (QED) is 0.622. The molecule has 2 heterocycles. The van der Waals surface area contributed by atoms with E-state index in [2.05, 4.69) is 10.3 Å². The maximum Gasteiger partial charge on any atom is 0.256 e. The van der Waals surface area contributed by atoms with Crippen molar-refractivity contribution in [1.29, 1.82) is 0 Å². The van der Waals surface area contributed by atoms with E-state index in [-0.39, 0.29) is 29.8 Å². The van der Waals surface area contributed by atoms with Gasteiger partial charge in [-0.3, -0.25) is 19.4 Å². The molecule has 7 nitrogen and oxygen atoms in total. The first-order valence-electron chi connectivity index (χ1n) is 10.5. The molecule has 0 aliphatic rings. The number of amides is 2. The average Bonchev–Trinajstić information content (AvgIpc) is 2.82. The van der Waals surface area contributed by atoms with Gasteiger partial charge in [0.1, 0.15) is 6.04 Å². The Morgan fingerprint density at radius 2 is 1.72 bits per heavy atom. The van der Waals surface area contributed by atoms with Crippen molar-refractivity contribution in [3.8, 4) is 0 Å². The standard InChI is InChI=1S/C25H28N4O3/c1-17-14-21(15-28(4)24(17)31)25(32)29(18(2)23(30)26-3)16-22(19-8-6-5-7-9-19)20-10-12-27-13-11-20/h5-15,18,22H,16H2,1-4H3,(H,26,30). The van der Waals surface area contributed by atoms with Crippen molar-refractivity contribution in [3.63, 3.8) is 0 Å². The zero-order valence-corrected chi connectivity index (χ0v) is 18.8. The SMILES string of the molecule is CNC(=O)C(C)N(CC(c1ccccc1)c1ccncc1)C(=O)c1cc(C)c(=O)n(C)c1. The molecule has 0 aliphatic carbocycles. The molecule has 1 aromatic carbocycles. The molecule has 0 saturated carbocycles. The summed E-state index contributed by atoms with van der Waals surface area (Å²) in [5.41, 5.74) is 2.69. The van der Waals surface area contributed by atoms with Gasteiger partial charge in [0.2, 0.25) is 5.91 Å². The van der Waals surface area contributed by atoms with Crippen molar-refractivity contribution >= 4 is 11.8 Å². The predicted octanol–water partition coefficient (Wildman–Crippen LogP) is 2.50. The van der Waals surface area contributed by atoms with Crippen molar-refractivity contribution in [3.05, 3.63) is 99.7 Å². The minimum Gasteiger partial charge on any atom is -0.357 e. The molecule has 3 rings (SSSR count). The number of rotatable bonds is 7. The van der Waals surface area contributed by atoms with E-state index in [1.807, 2.05) is 42.5 Å². The average molecular weight is 433 g/mol. The molecular formula is C25H28N4O3. The van der Waals surface area contributed by atoms with Crippen LogP contribution in [0.25, 0.3) is 0 Å². The number of nitrogens with zero attached hydrogens (tertiary/aromatic N) is 3. The van der Waals surface area contributed by atoms with Crippen molar-refractivity contribution in [2.75, 3.05) is 13.6 Å². The van der Waals surface area contributed by atoms with Crippen LogP contribution in [0.3, 0.4) is 0 Å². The van der Waals surface area contributed by atoms with E-state index in [1.54, 1.807) is 51.3 Å². The summed E-state index contributed by atoms with van der Waals surface area (Å²) in [5.74, 6) is -0.736. The van der Waals surface area contributed by atoms with Crippen LogP contribution in [0.5, 0.6) is 0 Å². The Bertz CT molecular complexity index is 1080. The molecule has 0 aliphatic heterocycles. The highest BCUT2D eigenvalue weighted by Crippen LogP contribution is 2.27. The van der Waals surface area contributed by atoms with Crippen LogP contribution in [0, 0.1) is 6.92 Å². The zero-order chi connectivity index (χ0) is 23.3. The van der Waals surface area contributed by atoms with E-state index < -0.39 is 6.04 Å². The van der Waals surface area contributed by atoms with Gasteiger partial charge < -0.3 is 14.8 Å². The van der Waals surface area contributed by atoms with Crippen LogP contribution in [-0.2, 0) is 11.8 Å². The first-order valence-corrected chi connectivity index (χ1v) is 10.5. The number of hydrogen-bond acceptors (Lipinski definition) is 4. The molecule has 0 bridgehead atoms. The van der Waals surface area contributed by atoms with E-state index in [0.29, 0.717) is 11.1 Å². The zero-order valence-electron chi connectivity index (χ0n) is 18.8. The first-order chi connectivity index (χ1) is 15.3. The third-order valence-electron chi connectivity index (χ3n) is 5.65. The van der Waals surface area contributed by atoms with Gasteiger partial charge in [0.25, 0.3) is 11.5 Å². The Hall–Kier alpha value is -3.74. The van der Waals surface area contributed by atoms with E-state index in [1.165, 1.54) is 10.8 Å². The molecule has 166 valence electrons. The highest BCUT2D eigenvalue weighted by Gasteiger charge is 2.30. The Kier molecular flexibility index (Phi) is 7.20. The van der Waals surface area contributed by atoms with Crippen LogP contribution >= 0.6 is 0 Å². The fourth-order valence-electron chi connectivity index (χ4n) is 3.81. The molecule has 2 aromatic heterocycles. The highest BCUT2D eigenvalue weighted by atomic mass is 16.2. The number of likely N-dealkylation sites (N-methyl/N-ethyl adjacent to an activating group) is 1. The van der Waals surface area contributed by atoms with Gasteiger partial charge >= 0.3 is 0 Å². The summed E-state index contributed by atoms with van der Waals surface area (Å²) in [4.78, 5) is 44.0. The van der Waals surface area contributed by atoms with E-state index >= 15 is 0 Å². The first kappa shape index (κ1) is 22.9. The number of carbonyl (C=O) groups is 2. The number of carbonyl (C=O) groups excluding carboxylic acids is 2. The Labute approximate surface area is 187 Å². The molecule has 3 aromatic rings. The molecule has 32 heavy (non-hydrogen) atoms. The Balaban J connectivity index is 2.07. The molecule has 0 fully saturated rings. The van der Waals surface area contributed by atoms with Crippen LogP contribution in [0.1, 0.15) is 39.9 Å². The monoisotopic (exact) mass is 432 g/mol. The second kappa shape index (κ2) is 10.0. The molecular weight excluding hydrogens is 404 g/mol. The second-order valence-corrected chi connectivity index (χ2v) is 7.82. The van der Waals surface area contributed by atoms with Crippen molar-refractivity contribution < 1.29 is 9.59 Å². The van der Waals surface area contributed by atoms with Gasteiger partial charge in [-0.2, -0.15) is 0 Å². The van der Waals surface area contributed by atoms with Gasteiger partial charge in [-0.25, -0.2) is 0 Å². The smallest absolute Gasteiger partial charge is 0.256 e. The van der Waals surface area contributed by atoms with Gasteiger partial charge in [0, 0.05) is 50.7 Å². The minimum atomic E-state index is -0.710. The summed E-state index contributed by atoms with van der Waals surface area (Å²) in [7, 11) is 3.16. The Morgan fingerprint density at radius 3 is 2.31 bits per heavy atom. The van der Waals surface area contributed by atoms with Gasteiger partial charge in [-0.15, -0.1) is 0 Å². The third-order valence-corrected chi connectivity index (χ3v) is 5.65. The largest absolute Gasteiger partial charge is 0.357 e. The van der Waals surface area contributed by atoms with Crippen molar-refractivity contribution in [1.82, 2.24) is 19.8 Å². The lowest BCUT2D eigenvalue weighted by Gasteiger charge is -2.32. The number of pyridine rings is 2. The van der Waals surface area contributed by atoms with Crippen LogP contribution in [0.15, 0.2) is 71.9 Å². The third kappa shape index (κ3) is 4.94. The summed E-state index contributed by atoms with van der Waals surface area (Å²) >= 11 is 0. The predicted molar refractivity (Wildman–Crippen MR) is 124 cm³/mol. The molecule has 2 atom stereocenters. The molecule has 0 saturated heterocycles. The molecule has 2 unspecified atom stereocenters. The summed E-state index contributed by atoms with van der Waals surface area (Å²) in [6, 6.07) is 14.6. The van der Waals surface area contributed by atoms with Crippen molar-refractivity contribution in [2.45, 2.75) is 25.8 Å². The maximum absolute atomic E-state index is 13.6. The number of aromatic nitrogens is 2.